The second-order valence-electron chi connectivity index (χ2n) is 4.43. The molecule has 1 amide bonds. The molecule has 0 aliphatic carbocycles. The summed E-state index contributed by atoms with van der Waals surface area (Å²) in [6, 6.07) is -0.375. The van der Waals surface area contributed by atoms with E-state index in [0.717, 1.165) is 17.1 Å². The van der Waals surface area contributed by atoms with Crippen molar-refractivity contribution >= 4 is 21.9 Å². The fourth-order valence-electron chi connectivity index (χ4n) is 1.83. The number of nitrogens with zero attached hydrogens (tertiary/aromatic N) is 2. The number of rotatable bonds is 5. The molecule has 1 atom stereocenters. The molecular formula is C10H14N4O5S. The van der Waals surface area contributed by atoms with Crippen LogP contribution in [0.15, 0.2) is 17.3 Å². The van der Waals surface area contributed by atoms with Crippen molar-refractivity contribution in [1.29, 1.82) is 0 Å². The highest BCUT2D eigenvalue weighted by Gasteiger charge is 2.25. The van der Waals surface area contributed by atoms with Gasteiger partial charge < -0.3 is 10.4 Å². The van der Waals surface area contributed by atoms with Crippen molar-refractivity contribution in [3.8, 4) is 0 Å². The van der Waals surface area contributed by atoms with Crippen LogP contribution >= 0.6 is 0 Å². The highest BCUT2D eigenvalue weighted by atomic mass is 32.2. The van der Waals surface area contributed by atoms with E-state index < -0.39 is 22.5 Å². The van der Waals surface area contributed by atoms with E-state index in [1.54, 1.807) is 0 Å². The van der Waals surface area contributed by atoms with E-state index in [1.165, 1.54) is 0 Å². The molecule has 1 fully saturated rings. The summed E-state index contributed by atoms with van der Waals surface area (Å²) in [5.41, 5.74) is 0. The maximum Gasteiger partial charge on any atom is 0.325 e. The normalized spacial score (nSPS) is 19.6. The number of hydrogen-bond acceptors (Lipinski definition) is 5. The molecule has 110 valence electrons. The third-order valence-corrected chi connectivity index (χ3v) is 4.28. The SMILES string of the molecule is O=C(O)Cn1cc(S(=O)(=O)NC2CCC(=O)NC2)cn1. The number of sulfonamides is 1. The molecule has 1 aliphatic heterocycles. The van der Waals surface area contributed by atoms with Crippen molar-refractivity contribution < 1.29 is 23.1 Å². The van der Waals surface area contributed by atoms with Gasteiger partial charge in [0.1, 0.15) is 11.4 Å². The summed E-state index contributed by atoms with van der Waals surface area (Å²) in [5, 5.41) is 14.8. The summed E-state index contributed by atoms with van der Waals surface area (Å²) in [6.45, 7) is -0.170. The first-order chi connectivity index (χ1) is 9.37. The van der Waals surface area contributed by atoms with E-state index in [-0.39, 0.29) is 29.8 Å². The van der Waals surface area contributed by atoms with Gasteiger partial charge in [-0.25, -0.2) is 13.1 Å². The lowest BCUT2D eigenvalue weighted by Crippen LogP contribution is -2.47. The van der Waals surface area contributed by atoms with Crippen LogP contribution in [0.5, 0.6) is 0 Å². The number of carbonyl (C=O) groups excluding carboxylic acids is 1. The van der Waals surface area contributed by atoms with Gasteiger partial charge in [-0.1, -0.05) is 0 Å². The zero-order valence-electron chi connectivity index (χ0n) is 10.4. The Balaban J connectivity index is 2.04. The third kappa shape index (κ3) is 3.54. The number of hydrogen-bond donors (Lipinski definition) is 3. The van der Waals surface area contributed by atoms with Gasteiger partial charge in [0.2, 0.25) is 15.9 Å². The molecule has 1 unspecified atom stereocenters. The Morgan fingerprint density at radius 2 is 2.35 bits per heavy atom. The standard InChI is InChI=1S/C10H14N4O5S/c15-9-2-1-7(3-11-9)13-20(18,19)8-4-12-14(5-8)6-10(16)17/h4-5,7,13H,1-3,6H2,(H,11,15)(H,16,17). The van der Waals surface area contributed by atoms with E-state index in [9.17, 15) is 18.0 Å². The summed E-state index contributed by atoms with van der Waals surface area (Å²) in [5.74, 6) is -1.21. The predicted octanol–water partition coefficient (Wildman–Crippen LogP) is -1.48. The highest BCUT2D eigenvalue weighted by molar-refractivity contribution is 7.89. The summed E-state index contributed by atoms with van der Waals surface area (Å²) < 4.78 is 27.6. The average Bonchev–Trinajstić information content (AvgIpc) is 2.80. The van der Waals surface area contributed by atoms with Crippen molar-refractivity contribution in [2.24, 2.45) is 0 Å². The first-order valence-electron chi connectivity index (χ1n) is 5.90. The Morgan fingerprint density at radius 1 is 1.60 bits per heavy atom. The summed E-state index contributed by atoms with van der Waals surface area (Å²) in [4.78, 5) is 21.4. The quantitative estimate of drug-likeness (QED) is 0.608. The monoisotopic (exact) mass is 302 g/mol. The lowest BCUT2D eigenvalue weighted by molar-refractivity contribution is -0.137. The number of carboxylic acids is 1. The average molecular weight is 302 g/mol. The largest absolute Gasteiger partial charge is 0.480 e. The van der Waals surface area contributed by atoms with Crippen LogP contribution < -0.4 is 10.0 Å². The first-order valence-corrected chi connectivity index (χ1v) is 7.38. The van der Waals surface area contributed by atoms with Crippen LogP contribution in [0.25, 0.3) is 0 Å². The minimum Gasteiger partial charge on any atom is -0.480 e. The molecule has 20 heavy (non-hydrogen) atoms. The van der Waals surface area contributed by atoms with Gasteiger partial charge in [0, 0.05) is 25.2 Å². The van der Waals surface area contributed by atoms with E-state index in [4.69, 9.17) is 5.11 Å². The van der Waals surface area contributed by atoms with Gasteiger partial charge in [0.25, 0.3) is 0 Å². The van der Waals surface area contributed by atoms with Gasteiger partial charge >= 0.3 is 5.97 Å². The van der Waals surface area contributed by atoms with Gasteiger partial charge in [-0.15, -0.1) is 0 Å². The van der Waals surface area contributed by atoms with Gasteiger partial charge in [-0.2, -0.15) is 5.10 Å². The number of piperidine rings is 1. The molecule has 10 heteroatoms. The van der Waals surface area contributed by atoms with Crippen molar-refractivity contribution in [2.45, 2.75) is 30.3 Å². The molecule has 2 rings (SSSR count). The van der Waals surface area contributed by atoms with Crippen LogP contribution in [0.4, 0.5) is 0 Å². The number of carbonyl (C=O) groups is 2. The van der Waals surface area contributed by atoms with Crippen LogP contribution in [0, 0.1) is 0 Å². The molecule has 1 saturated heterocycles. The predicted molar refractivity (Wildman–Crippen MR) is 66.2 cm³/mol. The Bertz CT molecular complexity index is 613. The molecule has 3 N–H and O–H groups in total. The Kier molecular flexibility index (Phi) is 4.04. The number of carboxylic acid groups (broad SMARTS) is 1. The molecule has 1 aromatic rings. The number of amides is 1. The van der Waals surface area contributed by atoms with Crippen molar-refractivity contribution in [3.63, 3.8) is 0 Å². The highest BCUT2D eigenvalue weighted by Crippen LogP contribution is 2.11. The topological polar surface area (TPSA) is 130 Å². The molecule has 0 aromatic carbocycles. The van der Waals surface area contributed by atoms with Crippen LogP contribution in [0.1, 0.15) is 12.8 Å². The summed E-state index contributed by atoms with van der Waals surface area (Å²) in [6.07, 6.45) is 2.93. The van der Waals surface area contributed by atoms with Crippen LogP contribution in [0.3, 0.4) is 0 Å². The molecule has 0 radical (unpaired) electrons. The van der Waals surface area contributed by atoms with Crippen LogP contribution in [-0.2, 0) is 26.2 Å². The minimum atomic E-state index is -3.77. The Hall–Kier alpha value is -1.94. The van der Waals surface area contributed by atoms with Crippen molar-refractivity contribution in [3.05, 3.63) is 12.4 Å². The van der Waals surface area contributed by atoms with E-state index in [0.29, 0.717) is 6.42 Å². The van der Waals surface area contributed by atoms with E-state index in [2.05, 4.69) is 15.1 Å². The molecule has 1 aliphatic rings. The molecule has 0 bridgehead atoms. The Labute approximate surface area is 115 Å². The van der Waals surface area contributed by atoms with Crippen molar-refractivity contribution in [2.75, 3.05) is 6.54 Å². The zero-order chi connectivity index (χ0) is 14.8. The molecule has 0 spiro atoms. The van der Waals surface area contributed by atoms with Crippen molar-refractivity contribution in [1.82, 2.24) is 19.8 Å². The number of nitrogens with one attached hydrogen (secondary N) is 2. The summed E-state index contributed by atoms with van der Waals surface area (Å²) in [7, 11) is -3.77. The van der Waals surface area contributed by atoms with Crippen LogP contribution in [-0.4, -0.2) is 47.8 Å². The molecule has 2 heterocycles. The lowest BCUT2D eigenvalue weighted by atomic mass is 10.1. The summed E-state index contributed by atoms with van der Waals surface area (Å²) >= 11 is 0. The molecular weight excluding hydrogens is 288 g/mol. The van der Waals surface area contributed by atoms with Gasteiger partial charge in [-0.3, -0.25) is 14.3 Å². The third-order valence-electron chi connectivity index (χ3n) is 2.80. The number of aliphatic carboxylic acids is 1. The van der Waals surface area contributed by atoms with Gasteiger partial charge in [-0.05, 0) is 6.42 Å². The molecule has 0 saturated carbocycles. The second-order valence-corrected chi connectivity index (χ2v) is 6.14. The lowest BCUT2D eigenvalue weighted by Gasteiger charge is -2.22. The maximum absolute atomic E-state index is 12.1. The molecule has 9 nitrogen and oxygen atoms in total. The van der Waals surface area contributed by atoms with E-state index in [1.807, 2.05) is 0 Å². The first kappa shape index (κ1) is 14.5. The van der Waals surface area contributed by atoms with Crippen LogP contribution in [0.2, 0.25) is 0 Å². The zero-order valence-corrected chi connectivity index (χ0v) is 11.3. The fraction of sp³-hybridized carbons (Fsp3) is 0.500. The second kappa shape index (κ2) is 5.59. The smallest absolute Gasteiger partial charge is 0.325 e. The Morgan fingerprint density at radius 3 is 2.95 bits per heavy atom. The molecule has 1 aromatic heterocycles. The minimum absolute atomic E-state index is 0.101. The maximum atomic E-state index is 12.1. The van der Waals surface area contributed by atoms with Gasteiger partial charge in [0.05, 0.1) is 6.20 Å². The number of aromatic nitrogens is 2. The van der Waals surface area contributed by atoms with Gasteiger partial charge in [0.15, 0.2) is 0 Å². The fourth-order valence-corrected chi connectivity index (χ4v) is 3.05. The van der Waals surface area contributed by atoms with E-state index >= 15 is 0 Å².